The minimum Gasteiger partial charge on any atom is -0.480 e. The Labute approximate surface area is 221 Å². The molecule has 0 radical (unpaired) electrons. The summed E-state index contributed by atoms with van der Waals surface area (Å²) in [6.07, 6.45) is 3.88. The molecule has 10 N–H and O–H groups in total. The van der Waals surface area contributed by atoms with Gasteiger partial charge in [-0.2, -0.15) is 0 Å². The Morgan fingerprint density at radius 2 is 1.58 bits per heavy atom. The number of benzene rings is 1. The largest absolute Gasteiger partial charge is 0.480 e. The number of carboxylic acid groups (broad SMARTS) is 1. The molecule has 0 aliphatic heterocycles. The van der Waals surface area contributed by atoms with Crippen molar-refractivity contribution in [2.75, 3.05) is 13.2 Å². The van der Waals surface area contributed by atoms with Crippen molar-refractivity contribution < 1.29 is 29.4 Å². The number of hydrogen-bond acceptors (Lipinski definition) is 7. The van der Waals surface area contributed by atoms with Crippen molar-refractivity contribution in [3.63, 3.8) is 0 Å². The van der Waals surface area contributed by atoms with Crippen molar-refractivity contribution in [1.29, 1.82) is 0 Å². The zero-order chi connectivity index (χ0) is 28.2. The number of carboxylic acids is 1. The van der Waals surface area contributed by atoms with Crippen LogP contribution in [0.15, 0.2) is 30.5 Å². The molecule has 2 aromatic rings. The number of carbonyl (C=O) groups is 4. The number of aliphatic hydroxyl groups excluding tert-OH is 1. The topological polar surface area (TPSA) is 213 Å². The van der Waals surface area contributed by atoms with Gasteiger partial charge in [-0.05, 0) is 43.4 Å². The van der Waals surface area contributed by atoms with E-state index in [0.717, 1.165) is 22.9 Å². The van der Waals surface area contributed by atoms with E-state index in [2.05, 4.69) is 20.9 Å². The second-order valence-electron chi connectivity index (χ2n) is 9.79. The Morgan fingerprint density at radius 1 is 0.947 bits per heavy atom. The van der Waals surface area contributed by atoms with Crippen LogP contribution in [0.2, 0.25) is 0 Å². The van der Waals surface area contributed by atoms with E-state index in [1.54, 1.807) is 6.20 Å². The number of aliphatic carboxylic acids is 1. The van der Waals surface area contributed by atoms with Crippen molar-refractivity contribution in [2.24, 2.45) is 17.4 Å². The van der Waals surface area contributed by atoms with Crippen molar-refractivity contribution >= 4 is 34.6 Å². The van der Waals surface area contributed by atoms with Crippen molar-refractivity contribution in [2.45, 2.75) is 70.1 Å². The van der Waals surface area contributed by atoms with E-state index in [1.165, 1.54) is 0 Å². The number of hydrogen-bond donors (Lipinski definition) is 8. The molecule has 1 aromatic carbocycles. The predicted molar refractivity (Wildman–Crippen MR) is 143 cm³/mol. The van der Waals surface area contributed by atoms with Crippen LogP contribution < -0.4 is 27.4 Å². The summed E-state index contributed by atoms with van der Waals surface area (Å²) in [5, 5.41) is 27.0. The molecule has 0 saturated heterocycles. The molecule has 0 bridgehead atoms. The number of fused-ring (bicyclic) bond motifs is 1. The summed E-state index contributed by atoms with van der Waals surface area (Å²) in [7, 11) is 0. The van der Waals surface area contributed by atoms with E-state index in [1.807, 2.05) is 38.1 Å². The number of H-pyrrole nitrogens is 1. The molecule has 12 heteroatoms. The number of carbonyl (C=O) groups excluding carboxylic acids is 3. The first-order valence-corrected chi connectivity index (χ1v) is 12.8. The monoisotopic (exact) mass is 532 g/mol. The highest BCUT2D eigenvalue weighted by molar-refractivity contribution is 5.94. The molecule has 0 aliphatic carbocycles. The summed E-state index contributed by atoms with van der Waals surface area (Å²) in [6.45, 7) is 3.38. The molecule has 4 atom stereocenters. The Bertz CT molecular complexity index is 1090. The predicted octanol–water partition coefficient (Wildman–Crippen LogP) is -0.256. The molecule has 12 nitrogen and oxygen atoms in total. The fraction of sp³-hybridized carbons (Fsp3) is 0.538. The zero-order valence-corrected chi connectivity index (χ0v) is 21.9. The van der Waals surface area contributed by atoms with Gasteiger partial charge in [0.2, 0.25) is 17.7 Å². The highest BCUT2D eigenvalue weighted by atomic mass is 16.4. The number of aromatic amines is 1. The maximum absolute atomic E-state index is 13.5. The molecule has 1 heterocycles. The second-order valence-corrected chi connectivity index (χ2v) is 9.79. The summed E-state index contributed by atoms with van der Waals surface area (Å²) in [5.41, 5.74) is 13.2. The van der Waals surface area contributed by atoms with E-state index in [4.69, 9.17) is 11.5 Å². The molecule has 0 spiro atoms. The third-order valence-electron chi connectivity index (χ3n) is 6.18. The molecule has 210 valence electrons. The smallest absolute Gasteiger partial charge is 0.328 e. The maximum Gasteiger partial charge on any atom is 0.328 e. The van der Waals surface area contributed by atoms with E-state index in [9.17, 15) is 29.4 Å². The van der Waals surface area contributed by atoms with Crippen LogP contribution in [0, 0.1) is 5.92 Å². The maximum atomic E-state index is 13.5. The van der Waals surface area contributed by atoms with Crippen LogP contribution in [0.5, 0.6) is 0 Å². The lowest BCUT2D eigenvalue weighted by molar-refractivity contribution is -0.143. The van der Waals surface area contributed by atoms with Gasteiger partial charge in [-0.1, -0.05) is 38.5 Å². The molecule has 0 fully saturated rings. The molecule has 3 amide bonds. The Morgan fingerprint density at radius 3 is 2.21 bits per heavy atom. The van der Waals surface area contributed by atoms with Crippen LogP contribution in [-0.2, 0) is 25.6 Å². The first-order chi connectivity index (χ1) is 18.1. The summed E-state index contributed by atoms with van der Waals surface area (Å²) in [5.74, 6) is -3.29. The molecule has 1 aromatic heterocycles. The summed E-state index contributed by atoms with van der Waals surface area (Å²) >= 11 is 0. The van der Waals surface area contributed by atoms with E-state index in [-0.39, 0.29) is 18.8 Å². The highest BCUT2D eigenvalue weighted by Crippen LogP contribution is 2.19. The van der Waals surface area contributed by atoms with Gasteiger partial charge >= 0.3 is 5.97 Å². The zero-order valence-electron chi connectivity index (χ0n) is 21.9. The number of para-hydroxylation sites is 1. The van der Waals surface area contributed by atoms with E-state index < -0.39 is 54.5 Å². The van der Waals surface area contributed by atoms with Gasteiger partial charge in [0, 0.05) is 23.5 Å². The quantitative estimate of drug-likeness (QED) is 0.135. The lowest BCUT2D eigenvalue weighted by atomic mass is 10.00. The van der Waals surface area contributed by atoms with E-state index in [0.29, 0.717) is 19.4 Å². The number of aromatic nitrogens is 1. The minimum atomic E-state index is -1.51. The van der Waals surface area contributed by atoms with Gasteiger partial charge in [-0.15, -0.1) is 0 Å². The fourth-order valence-corrected chi connectivity index (χ4v) is 4.08. The van der Waals surface area contributed by atoms with Gasteiger partial charge in [-0.3, -0.25) is 14.4 Å². The minimum absolute atomic E-state index is 0.0268. The SMILES string of the molecule is CC(C)CC(NC(=O)C(Cc1c[nH]c2ccccc12)NC(=O)C(N)CCCCN)C(=O)NC(CO)C(=O)O. The Kier molecular flexibility index (Phi) is 12.2. The van der Waals surface area contributed by atoms with Crippen LogP contribution >= 0.6 is 0 Å². The van der Waals surface area contributed by atoms with Gasteiger partial charge in [0.1, 0.15) is 18.1 Å². The number of amides is 3. The van der Waals surface area contributed by atoms with E-state index >= 15 is 0 Å². The number of rotatable bonds is 16. The van der Waals surface area contributed by atoms with Crippen LogP contribution in [0.4, 0.5) is 0 Å². The molecule has 2 rings (SSSR count). The highest BCUT2D eigenvalue weighted by Gasteiger charge is 2.31. The molecular formula is C26H40N6O6. The first kappa shape index (κ1) is 30.7. The van der Waals surface area contributed by atoms with Gasteiger partial charge in [0.05, 0.1) is 12.6 Å². The average molecular weight is 533 g/mol. The summed E-state index contributed by atoms with van der Waals surface area (Å²) in [4.78, 5) is 53.6. The van der Waals surface area contributed by atoms with Gasteiger partial charge in [-0.25, -0.2) is 4.79 Å². The van der Waals surface area contributed by atoms with Crippen LogP contribution in [-0.4, -0.2) is 76.2 Å². The Hall–Kier alpha value is -3.48. The number of unbranched alkanes of at least 4 members (excludes halogenated alkanes) is 1. The number of nitrogens with one attached hydrogen (secondary N) is 4. The van der Waals surface area contributed by atoms with Crippen LogP contribution in [0.25, 0.3) is 10.9 Å². The molecule has 0 saturated carbocycles. The molecule has 4 unspecified atom stereocenters. The van der Waals surface area contributed by atoms with Gasteiger partial charge in [0.25, 0.3) is 0 Å². The standard InChI is InChI=1S/C26H40N6O6/c1-15(2)11-20(24(35)32-22(14-33)26(37)38)31-25(36)21(30-23(34)18(28)8-5-6-10-27)12-16-13-29-19-9-4-3-7-17(16)19/h3-4,7,9,13,15,18,20-22,29,33H,5-6,8,10-12,14,27-28H2,1-2H3,(H,30,34)(H,31,36)(H,32,35)(H,37,38). The Balaban J connectivity index is 2.26. The summed E-state index contributed by atoms with van der Waals surface area (Å²) in [6, 6.07) is 3.03. The normalized spacial score (nSPS) is 14.5. The third-order valence-corrected chi connectivity index (χ3v) is 6.18. The van der Waals surface area contributed by atoms with Crippen molar-refractivity contribution in [3.8, 4) is 0 Å². The van der Waals surface area contributed by atoms with Gasteiger partial charge in [0.15, 0.2) is 0 Å². The molecule has 0 aliphatic rings. The molecule has 38 heavy (non-hydrogen) atoms. The average Bonchev–Trinajstić information content (AvgIpc) is 3.28. The number of aliphatic hydroxyl groups is 1. The van der Waals surface area contributed by atoms with Crippen molar-refractivity contribution in [3.05, 3.63) is 36.0 Å². The molecular weight excluding hydrogens is 492 g/mol. The lowest BCUT2D eigenvalue weighted by Crippen LogP contribution is -2.58. The van der Waals surface area contributed by atoms with Gasteiger partial charge < -0.3 is 42.6 Å². The lowest BCUT2D eigenvalue weighted by Gasteiger charge is -2.26. The van der Waals surface area contributed by atoms with Crippen LogP contribution in [0.1, 0.15) is 45.1 Å². The second kappa shape index (κ2) is 15.1. The van der Waals surface area contributed by atoms with Crippen molar-refractivity contribution in [1.82, 2.24) is 20.9 Å². The first-order valence-electron chi connectivity index (χ1n) is 12.8. The number of nitrogens with two attached hydrogens (primary N) is 2. The van der Waals surface area contributed by atoms with Crippen LogP contribution in [0.3, 0.4) is 0 Å². The fourth-order valence-electron chi connectivity index (χ4n) is 4.08. The third kappa shape index (κ3) is 9.12. The summed E-state index contributed by atoms with van der Waals surface area (Å²) < 4.78 is 0.